The molecule has 3 rings (SSSR count). The lowest BCUT2D eigenvalue weighted by Crippen LogP contribution is -2.07. The van der Waals surface area contributed by atoms with Gasteiger partial charge in [-0.1, -0.05) is 11.6 Å². The van der Waals surface area contributed by atoms with Gasteiger partial charge in [0, 0.05) is 42.9 Å². The molecule has 0 bridgehead atoms. The third-order valence-corrected chi connectivity index (χ3v) is 3.28. The van der Waals surface area contributed by atoms with Gasteiger partial charge in [0.1, 0.15) is 11.6 Å². The Bertz CT molecular complexity index is 706. The summed E-state index contributed by atoms with van der Waals surface area (Å²) in [7, 11) is 0. The predicted molar refractivity (Wildman–Crippen MR) is 74.9 cm³/mol. The van der Waals surface area contributed by atoms with Crippen LogP contribution in [0.15, 0.2) is 49.3 Å². The van der Waals surface area contributed by atoms with E-state index in [1.807, 2.05) is 21.5 Å². The van der Waals surface area contributed by atoms with Gasteiger partial charge in [0.2, 0.25) is 0 Å². The number of aromatic nitrogens is 4. The van der Waals surface area contributed by atoms with Gasteiger partial charge in [-0.15, -0.1) is 0 Å². The second-order valence-corrected chi connectivity index (χ2v) is 4.81. The number of benzene rings is 1. The summed E-state index contributed by atoms with van der Waals surface area (Å²) in [5, 5.41) is 0.378. The van der Waals surface area contributed by atoms with Crippen molar-refractivity contribution in [2.75, 3.05) is 0 Å². The van der Waals surface area contributed by atoms with Gasteiger partial charge in [0.25, 0.3) is 0 Å². The van der Waals surface area contributed by atoms with Crippen LogP contribution in [0.4, 0.5) is 4.39 Å². The Morgan fingerprint density at radius 3 is 2.80 bits per heavy atom. The van der Waals surface area contributed by atoms with Gasteiger partial charge in [-0.05, 0) is 18.2 Å². The lowest BCUT2D eigenvalue weighted by Gasteiger charge is -2.09. The maximum absolute atomic E-state index is 14.0. The molecule has 0 saturated heterocycles. The second-order valence-electron chi connectivity index (χ2n) is 4.37. The Morgan fingerprint density at radius 2 is 2.05 bits per heavy atom. The molecule has 0 saturated carbocycles. The van der Waals surface area contributed by atoms with E-state index < -0.39 is 0 Å². The van der Waals surface area contributed by atoms with Gasteiger partial charge in [-0.2, -0.15) is 0 Å². The maximum atomic E-state index is 14.0. The van der Waals surface area contributed by atoms with Gasteiger partial charge >= 0.3 is 0 Å². The molecule has 0 fully saturated rings. The highest BCUT2D eigenvalue weighted by Crippen LogP contribution is 2.24. The first kappa shape index (κ1) is 12.9. The van der Waals surface area contributed by atoms with Crippen LogP contribution in [0.2, 0.25) is 5.02 Å². The Balaban J connectivity index is 1.86. The molecule has 0 unspecified atom stereocenters. The molecular weight excluding hydrogens is 279 g/mol. The van der Waals surface area contributed by atoms with Crippen LogP contribution in [0, 0.1) is 5.82 Å². The van der Waals surface area contributed by atoms with E-state index >= 15 is 0 Å². The van der Waals surface area contributed by atoms with Crippen LogP contribution < -0.4 is 0 Å². The number of aryl methyl sites for hydroxylation is 2. The van der Waals surface area contributed by atoms with Gasteiger partial charge in [0.15, 0.2) is 0 Å². The van der Waals surface area contributed by atoms with E-state index in [0.717, 1.165) is 6.54 Å². The van der Waals surface area contributed by atoms with Crippen molar-refractivity contribution in [2.45, 2.75) is 13.1 Å². The quantitative estimate of drug-likeness (QED) is 0.739. The van der Waals surface area contributed by atoms with E-state index in [9.17, 15) is 4.39 Å². The number of hydrogen-bond acceptors (Lipinski definition) is 2. The number of halogens is 2. The van der Waals surface area contributed by atoms with Crippen molar-refractivity contribution in [3.8, 4) is 11.4 Å². The average molecular weight is 291 g/mol. The summed E-state index contributed by atoms with van der Waals surface area (Å²) in [5.41, 5.74) is 0.449. The van der Waals surface area contributed by atoms with Crippen LogP contribution in [0.1, 0.15) is 0 Å². The third-order valence-electron chi connectivity index (χ3n) is 3.05. The average Bonchev–Trinajstić information content (AvgIpc) is 3.07. The second kappa shape index (κ2) is 5.46. The lowest BCUT2D eigenvalue weighted by molar-refractivity contribution is 0.578. The highest BCUT2D eigenvalue weighted by Gasteiger charge is 2.11. The Hall–Kier alpha value is -2.14. The summed E-state index contributed by atoms with van der Waals surface area (Å²) in [6, 6.07) is 4.61. The van der Waals surface area contributed by atoms with Gasteiger partial charge in [0.05, 0.1) is 11.9 Å². The fourth-order valence-electron chi connectivity index (χ4n) is 2.05. The molecule has 2 heterocycles. The molecule has 0 aliphatic carbocycles. The molecule has 1 aromatic carbocycles. The van der Waals surface area contributed by atoms with Gasteiger partial charge in [-0.3, -0.25) is 0 Å². The van der Waals surface area contributed by atoms with Gasteiger partial charge < -0.3 is 9.13 Å². The molecule has 0 radical (unpaired) electrons. The van der Waals surface area contributed by atoms with Crippen LogP contribution in [-0.4, -0.2) is 19.1 Å². The SMILES string of the molecule is Fc1cc(Cl)ccc1-c1nccn1CCn1ccnc1. The molecule has 0 aliphatic rings. The van der Waals surface area contributed by atoms with Crippen LogP contribution in [0.5, 0.6) is 0 Å². The lowest BCUT2D eigenvalue weighted by atomic mass is 10.2. The fraction of sp³-hybridized carbons (Fsp3) is 0.143. The van der Waals surface area contributed by atoms with Crippen molar-refractivity contribution >= 4 is 11.6 Å². The largest absolute Gasteiger partial charge is 0.336 e. The Morgan fingerprint density at radius 1 is 1.15 bits per heavy atom. The zero-order valence-corrected chi connectivity index (χ0v) is 11.3. The molecule has 0 atom stereocenters. The first-order chi connectivity index (χ1) is 9.74. The third kappa shape index (κ3) is 2.58. The van der Waals surface area contributed by atoms with E-state index in [1.54, 1.807) is 30.9 Å². The van der Waals surface area contributed by atoms with Crippen molar-refractivity contribution in [2.24, 2.45) is 0 Å². The van der Waals surface area contributed by atoms with Crippen molar-refractivity contribution in [1.82, 2.24) is 19.1 Å². The zero-order valence-electron chi connectivity index (χ0n) is 10.6. The van der Waals surface area contributed by atoms with Crippen molar-refractivity contribution in [3.63, 3.8) is 0 Å². The smallest absolute Gasteiger partial charge is 0.142 e. The number of imidazole rings is 2. The topological polar surface area (TPSA) is 35.6 Å². The summed E-state index contributed by atoms with van der Waals surface area (Å²) < 4.78 is 17.8. The number of hydrogen-bond donors (Lipinski definition) is 0. The first-order valence-electron chi connectivity index (χ1n) is 6.16. The monoisotopic (exact) mass is 290 g/mol. The van der Waals surface area contributed by atoms with Crippen LogP contribution >= 0.6 is 11.6 Å². The van der Waals surface area contributed by atoms with E-state index in [1.165, 1.54) is 6.07 Å². The normalized spacial score (nSPS) is 10.9. The molecule has 0 N–H and O–H groups in total. The zero-order chi connectivity index (χ0) is 13.9. The summed E-state index contributed by atoms with van der Waals surface area (Å²) in [6.45, 7) is 1.44. The summed E-state index contributed by atoms with van der Waals surface area (Å²) in [6.07, 6.45) is 8.87. The first-order valence-corrected chi connectivity index (χ1v) is 6.54. The van der Waals surface area contributed by atoms with Crippen LogP contribution in [0.25, 0.3) is 11.4 Å². The van der Waals surface area contributed by atoms with E-state index in [2.05, 4.69) is 9.97 Å². The molecule has 6 heteroatoms. The van der Waals surface area contributed by atoms with Crippen molar-refractivity contribution in [1.29, 1.82) is 0 Å². The predicted octanol–water partition coefficient (Wildman–Crippen LogP) is 3.24. The van der Waals surface area contributed by atoms with Crippen LogP contribution in [-0.2, 0) is 13.1 Å². The molecule has 2 aromatic heterocycles. The highest BCUT2D eigenvalue weighted by molar-refractivity contribution is 6.30. The molecule has 0 amide bonds. The van der Waals surface area contributed by atoms with Crippen LogP contribution in [0.3, 0.4) is 0 Å². The van der Waals surface area contributed by atoms with Crippen molar-refractivity contribution < 1.29 is 4.39 Å². The molecule has 4 nitrogen and oxygen atoms in total. The van der Waals surface area contributed by atoms with Gasteiger partial charge in [-0.25, -0.2) is 14.4 Å². The summed E-state index contributed by atoms with van der Waals surface area (Å²) in [5.74, 6) is 0.229. The van der Waals surface area contributed by atoms with E-state index in [4.69, 9.17) is 11.6 Å². The molecule has 20 heavy (non-hydrogen) atoms. The fourth-order valence-corrected chi connectivity index (χ4v) is 2.21. The highest BCUT2D eigenvalue weighted by atomic mass is 35.5. The molecule has 0 aliphatic heterocycles. The minimum Gasteiger partial charge on any atom is -0.336 e. The van der Waals surface area contributed by atoms with Crippen molar-refractivity contribution in [3.05, 3.63) is 60.2 Å². The molecular formula is C14H12ClFN4. The maximum Gasteiger partial charge on any atom is 0.142 e. The Kier molecular flexibility index (Phi) is 3.52. The minimum absolute atomic E-state index is 0.368. The standard InChI is InChI=1S/C14H12ClFN4/c15-11-1-2-12(13(16)9-11)14-18-4-6-20(14)8-7-19-5-3-17-10-19/h1-6,9-10H,7-8H2. The number of nitrogens with zero attached hydrogens (tertiary/aromatic N) is 4. The minimum atomic E-state index is -0.368. The van der Waals surface area contributed by atoms with E-state index in [0.29, 0.717) is 23.0 Å². The molecule has 102 valence electrons. The molecule has 3 aromatic rings. The number of rotatable bonds is 4. The molecule has 0 spiro atoms. The summed E-state index contributed by atoms with van der Waals surface area (Å²) >= 11 is 5.77. The Labute approximate surface area is 120 Å². The van der Waals surface area contributed by atoms with E-state index in [-0.39, 0.29) is 5.82 Å². The summed E-state index contributed by atoms with van der Waals surface area (Å²) in [4.78, 5) is 8.22.